The van der Waals surface area contributed by atoms with Crippen molar-refractivity contribution in [2.75, 3.05) is 38.3 Å². The summed E-state index contributed by atoms with van der Waals surface area (Å²) in [6, 6.07) is 15.9. The Morgan fingerprint density at radius 3 is 2.40 bits per heavy atom. The van der Waals surface area contributed by atoms with Crippen LogP contribution in [0.25, 0.3) is 0 Å². The topological polar surface area (TPSA) is 126 Å². The van der Waals surface area contributed by atoms with Crippen LogP contribution in [0, 0.1) is 0 Å². The Morgan fingerprint density at radius 2 is 1.78 bits per heavy atom. The molecular formula is C34H45N7O4. The maximum Gasteiger partial charge on any atom is 0.250 e. The van der Waals surface area contributed by atoms with E-state index in [2.05, 4.69) is 22.1 Å². The van der Waals surface area contributed by atoms with Gasteiger partial charge in [-0.2, -0.15) is 0 Å². The second-order valence-electron chi connectivity index (χ2n) is 12.1. The number of carbonyl (C=O) groups is 3. The van der Waals surface area contributed by atoms with Gasteiger partial charge in [-0.15, -0.1) is 0 Å². The van der Waals surface area contributed by atoms with Gasteiger partial charge in [0.05, 0.1) is 26.1 Å². The van der Waals surface area contributed by atoms with E-state index >= 15 is 0 Å². The molecule has 2 fully saturated rings. The second-order valence-corrected chi connectivity index (χ2v) is 12.1. The van der Waals surface area contributed by atoms with Gasteiger partial charge in [-0.3, -0.25) is 14.4 Å². The normalized spacial score (nSPS) is 17.4. The van der Waals surface area contributed by atoms with E-state index < -0.39 is 23.5 Å². The summed E-state index contributed by atoms with van der Waals surface area (Å²) in [5.74, 6) is 0.268. The molecule has 5 rings (SSSR count). The van der Waals surface area contributed by atoms with Crippen LogP contribution in [0.3, 0.4) is 0 Å². The summed E-state index contributed by atoms with van der Waals surface area (Å²) >= 11 is 0. The van der Waals surface area contributed by atoms with Crippen molar-refractivity contribution in [1.29, 1.82) is 0 Å². The number of hydrogen-bond acceptors (Lipinski definition) is 7. The molecule has 0 aliphatic carbocycles. The van der Waals surface area contributed by atoms with Gasteiger partial charge in [-0.05, 0) is 49.1 Å². The van der Waals surface area contributed by atoms with Crippen molar-refractivity contribution in [2.24, 2.45) is 12.8 Å². The monoisotopic (exact) mass is 615 g/mol. The highest BCUT2D eigenvalue weighted by molar-refractivity contribution is 5.94. The third kappa shape index (κ3) is 6.98. The number of nitrogens with one attached hydrogen (secondary N) is 1. The van der Waals surface area contributed by atoms with Crippen molar-refractivity contribution >= 4 is 23.4 Å². The lowest BCUT2D eigenvalue weighted by Gasteiger charge is -2.44. The Morgan fingerprint density at radius 1 is 1.07 bits per heavy atom. The molecular weight excluding hydrogens is 570 g/mol. The molecule has 2 aliphatic heterocycles. The molecule has 2 unspecified atom stereocenters. The molecule has 2 aliphatic rings. The zero-order valence-electron chi connectivity index (χ0n) is 26.5. The molecule has 0 bridgehead atoms. The molecule has 1 spiro atoms. The quantitative estimate of drug-likeness (QED) is 0.321. The fourth-order valence-electron chi connectivity index (χ4n) is 6.41. The van der Waals surface area contributed by atoms with Crippen LogP contribution in [0.5, 0.6) is 5.75 Å². The standard InChI is InChI=1S/C34H45N7O4/c1-4-5-17-40-24-41(26-9-7-6-8-10-26)34(33(40)44)15-18-39(19-16-34)32(43)30(20-25-11-13-28(45-3)14-12-25)37-31(42)29(35)21-27-22-36-23-38(27)2/h6-14,22-23,29-30H,4-5,15-21,24,35H2,1-3H3,(H,37,42). The average molecular weight is 616 g/mol. The van der Waals surface area contributed by atoms with Crippen LogP contribution in [-0.4, -0.2) is 88.1 Å². The SMILES string of the molecule is CCCCN1CN(c2ccccc2)C2(CCN(C(=O)C(Cc3ccc(OC)cc3)NC(=O)C(N)Cc3cncn3C)CC2)C1=O. The molecule has 3 aromatic rings. The lowest BCUT2D eigenvalue weighted by molar-refractivity contribution is -0.141. The highest BCUT2D eigenvalue weighted by atomic mass is 16.5. The number of hydrogen-bond donors (Lipinski definition) is 2. The summed E-state index contributed by atoms with van der Waals surface area (Å²) in [6.07, 6.45) is 6.93. The molecule has 2 saturated heterocycles. The fraction of sp³-hybridized carbons (Fsp3) is 0.471. The number of amides is 3. The van der Waals surface area contributed by atoms with Crippen LogP contribution >= 0.6 is 0 Å². The third-order valence-electron chi connectivity index (χ3n) is 9.16. The second kappa shape index (κ2) is 14.2. The van der Waals surface area contributed by atoms with Gasteiger partial charge < -0.3 is 35.1 Å². The van der Waals surface area contributed by atoms with Gasteiger partial charge in [0.25, 0.3) is 0 Å². The third-order valence-corrected chi connectivity index (χ3v) is 9.16. The first-order chi connectivity index (χ1) is 21.8. The lowest BCUT2D eigenvalue weighted by Crippen LogP contribution is -2.60. The Balaban J connectivity index is 1.33. The number of nitrogens with zero attached hydrogens (tertiary/aromatic N) is 5. The summed E-state index contributed by atoms with van der Waals surface area (Å²) < 4.78 is 7.12. The number of unbranched alkanes of at least 4 members (excludes halogenated alkanes) is 1. The van der Waals surface area contributed by atoms with Crippen molar-refractivity contribution < 1.29 is 19.1 Å². The Kier molecular flexibility index (Phi) is 10.1. The first-order valence-corrected chi connectivity index (χ1v) is 15.8. The number of para-hydroxylation sites is 1. The molecule has 45 heavy (non-hydrogen) atoms. The predicted molar refractivity (Wildman–Crippen MR) is 172 cm³/mol. The molecule has 0 saturated carbocycles. The van der Waals surface area contributed by atoms with Crippen LogP contribution in [-0.2, 0) is 34.3 Å². The summed E-state index contributed by atoms with van der Waals surface area (Å²) in [5, 5.41) is 2.96. The predicted octanol–water partition coefficient (Wildman–Crippen LogP) is 2.49. The molecule has 2 atom stereocenters. The highest BCUT2D eigenvalue weighted by Crippen LogP contribution is 2.39. The minimum atomic E-state index is -0.846. The summed E-state index contributed by atoms with van der Waals surface area (Å²) in [7, 11) is 3.45. The Hall–Kier alpha value is -4.38. The number of imidazole rings is 1. The Bertz CT molecular complexity index is 1450. The van der Waals surface area contributed by atoms with Crippen LogP contribution in [0.2, 0.25) is 0 Å². The highest BCUT2D eigenvalue weighted by Gasteiger charge is 2.54. The van der Waals surface area contributed by atoms with Crippen molar-refractivity contribution in [3.05, 3.63) is 78.4 Å². The number of benzene rings is 2. The van der Waals surface area contributed by atoms with Gasteiger partial charge in [-0.1, -0.05) is 43.7 Å². The number of nitrogens with two attached hydrogens (primary N) is 1. The smallest absolute Gasteiger partial charge is 0.250 e. The minimum Gasteiger partial charge on any atom is -0.497 e. The molecule has 240 valence electrons. The van der Waals surface area contributed by atoms with Crippen LogP contribution in [0.1, 0.15) is 43.9 Å². The van der Waals surface area contributed by atoms with Crippen molar-refractivity contribution in [3.8, 4) is 5.75 Å². The van der Waals surface area contributed by atoms with Crippen LogP contribution < -0.4 is 20.7 Å². The van der Waals surface area contributed by atoms with Crippen LogP contribution in [0.4, 0.5) is 5.69 Å². The zero-order chi connectivity index (χ0) is 32.0. The summed E-state index contributed by atoms with van der Waals surface area (Å²) in [6.45, 7) is 4.21. The van der Waals surface area contributed by atoms with E-state index in [4.69, 9.17) is 10.5 Å². The largest absolute Gasteiger partial charge is 0.497 e. The van der Waals surface area contributed by atoms with E-state index in [1.54, 1.807) is 24.5 Å². The van der Waals surface area contributed by atoms with E-state index in [0.29, 0.717) is 51.2 Å². The van der Waals surface area contributed by atoms with E-state index in [0.717, 1.165) is 36.3 Å². The summed E-state index contributed by atoms with van der Waals surface area (Å²) in [4.78, 5) is 51.5. The molecule has 11 nitrogen and oxygen atoms in total. The van der Waals surface area contributed by atoms with E-state index in [-0.39, 0.29) is 11.8 Å². The number of methoxy groups -OCH3 is 1. The van der Waals surface area contributed by atoms with Crippen molar-refractivity contribution in [3.63, 3.8) is 0 Å². The number of aryl methyl sites for hydroxylation is 1. The number of carbonyl (C=O) groups excluding carboxylic acids is 3. The van der Waals surface area contributed by atoms with Gasteiger partial charge >= 0.3 is 0 Å². The molecule has 1 aromatic heterocycles. The zero-order valence-corrected chi connectivity index (χ0v) is 26.5. The number of likely N-dealkylation sites (tertiary alicyclic amines) is 1. The van der Waals surface area contributed by atoms with E-state index in [1.807, 2.05) is 71.1 Å². The number of aromatic nitrogens is 2. The molecule has 3 amide bonds. The van der Waals surface area contributed by atoms with E-state index in [9.17, 15) is 14.4 Å². The first kappa shape index (κ1) is 32.0. The number of anilines is 1. The maximum absolute atomic E-state index is 14.1. The first-order valence-electron chi connectivity index (χ1n) is 15.8. The molecule has 11 heteroatoms. The van der Waals surface area contributed by atoms with Gasteiger partial charge in [-0.25, -0.2) is 4.98 Å². The van der Waals surface area contributed by atoms with Crippen LogP contribution in [0.15, 0.2) is 67.1 Å². The lowest BCUT2D eigenvalue weighted by atomic mass is 9.85. The van der Waals surface area contributed by atoms with Gasteiger partial charge in [0.1, 0.15) is 17.3 Å². The molecule has 0 radical (unpaired) electrons. The Labute approximate surface area is 265 Å². The molecule has 2 aromatic carbocycles. The number of piperidine rings is 1. The molecule has 3 heterocycles. The van der Waals surface area contributed by atoms with Gasteiger partial charge in [0.2, 0.25) is 17.7 Å². The average Bonchev–Trinajstić information content (AvgIpc) is 3.59. The fourth-order valence-corrected chi connectivity index (χ4v) is 6.41. The minimum absolute atomic E-state index is 0.135. The summed E-state index contributed by atoms with van der Waals surface area (Å²) in [5.41, 5.74) is 8.33. The van der Waals surface area contributed by atoms with E-state index in [1.165, 1.54) is 0 Å². The number of rotatable bonds is 12. The van der Waals surface area contributed by atoms with Crippen molar-refractivity contribution in [1.82, 2.24) is 24.7 Å². The van der Waals surface area contributed by atoms with Crippen molar-refractivity contribution in [2.45, 2.75) is 63.1 Å². The number of ether oxygens (including phenoxy) is 1. The maximum atomic E-state index is 14.1. The molecule has 3 N–H and O–H groups in total. The van der Waals surface area contributed by atoms with Gasteiger partial charge in [0.15, 0.2) is 0 Å². The van der Waals surface area contributed by atoms with Gasteiger partial charge in [0, 0.05) is 57.1 Å².